The highest BCUT2D eigenvalue weighted by Crippen LogP contribution is 2.37. The molecule has 0 rings (SSSR count). The van der Waals surface area contributed by atoms with E-state index in [1.807, 2.05) is 69.2 Å². The Morgan fingerprint density at radius 1 is 0.900 bits per heavy atom. The molecule has 0 amide bonds. The third-order valence-electron chi connectivity index (χ3n) is 3.12. The van der Waals surface area contributed by atoms with Crippen molar-refractivity contribution in [3.8, 4) is 0 Å². The monoisotopic (exact) mass is 286 g/mol. The minimum absolute atomic E-state index is 0.123. The highest BCUT2D eigenvalue weighted by molar-refractivity contribution is 5.91. The Morgan fingerprint density at radius 3 is 1.70 bits per heavy atom. The molecule has 0 aromatic carbocycles. The quantitative estimate of drug-likeness (QED) is 0.696. The first-order valence-corrected chi connectivity index (χ1v) is 7.52. The summed E-state index contributed by atoms with van der Waals surface area (Å²) in [7, 11) is 0. The summed E-state index contributed by atoms with van der Waals surface area (Å²) in [5, 5.41) is 0. The minimum Gasteiger partial charge on any atom is -0.370 e. The molecule has 0 unspecified atom stereocenters. The second-order valence-corrected chi connectivity index (χ2v) is 8.31. The molecule has 0 N–H and O–H groups in total. The second kappa shape index (κ2) is 6.15. The summed E-state index contributed by atoms with van der Waals surface area (Å²) in [6.45, 7) is 20.3. The highest BCUT2D eigenvalue weighted by atomic mass is 16.5. The lowest BCUT2D eigenvalue weighted by Crippen LogP contribution is -2.48. The van der Waals surface area contributed by atoms with E-state index in [0.717, 1.165) is 0 Å². The smallest absolute Gasteiger partial charge is 0.169 e. The molecule has 0 aliphatic heterocycles. The van der Waals surface area contributed by atoms with Crippen molar-refractivity contribution in [1.29, 1.82) is 0 Å². The van der Waals surface area contributed by atoms with E-state index in [0.29, 0.717) is 13.0 Å². The van der Waals surface area contributed by atoms with E-state index in [1.54, 1.807) is 0 Å². The van der Waals surface area contributed by atoms with Gasteiger partial charge < -0.3 is 9.47 Å². The maximum absolute atomic E-state index is 12.7. The van der Waals surface area contributed by atoms with Crippen LogP contribution in [0.3, 0.4) is 0 Å². The number of ketones is 1. The fraction of sp³-hybridized carbons (Fsp3) is 0.941. The lowest BCUT2D eigenvalue weighted by atomic mass is 9.73. The summed E-state index contributed by atoms with van der Waals surface area (Å²) >= 11 is 0. The largest absolute Gasteiger partial charge is 0.370 e. The molecule has 0 aliphatic carbocycles. The summed E-state index contributed by atoms with van der Waals surface area (Å²) in [5.41, 5.74) is -1.83. The zero-order chi connectivity index (χ0) is 16.4. The first-order chi connectivity index (χ1) is 8.63. The van der Waals surface area contributed by atoms with Gasteiger partial charge in [0.2, 0.25) is 0 Å². The zero-order valence-electron chi connectivity index (χ0n) is 15.1. The van der Waals surface area contributed by atoms with E-state index in [-0.39, 0.29) is 17.0 Å². The van der Waals surface area contributed by atoms with Crippen molar-refractivity contribution in [3.05, 3.63) is 0 Å². The molecule has 0 saturated carbocycles. The normalized spacial score (nSPS) is 14.5. The molecule has 0 saturated heterocycles. The van der Waals surface area contributed by atoms with Gasteiger partial charge in [0, 0.05) is 12.0 Å². The van der Waals surface area contributed by atoms with E-state index < -0.39 is 11.0 Å². The Morgan fingerprint density at radius 2 is 1.35 bits per heavy atom. The van der Waals surface area contributed by atoms with Gasteiger partial charge in [0.15, 0.2) is 5.78 Å². The molecule has 0 spiro atoms. The lowest BCUT2D eigenvalue weighted by Gasteiger charge is -2.41. The topological polar surface area (TPSA) is 35.5 Å². The molecule has 0 heterocycles. The fourth-order valence-electron chi connectivity index (χ4n) is 3.25. The van der Waals surface area contributed by atoms with E-state index in [2.05, 4.69) is 0 Å². The van der Waals surface area contributed by atoms with Crippen LogP contribution in [0.4, 0.5) is 0 Å². The van der Waals surface area contributed by atoms with Crippen LogP contribution in [0.25, 0.3) is 0 Å². The lowest BCUT2D eigenvalue weighted by molar-refractivity contribution is -0.160. The average molecular weight is 286 g/mol. The number of carbonyl (C=O) groups is 1. The third-order valence-corrected chi connectivity index (χ3v) is 3.12. The van der Waals surface area contributed by atoms with Gasteiger partial charge in [-0.1, -0.05) is 13.8 Å². The molecule has 0 aliphatic rings. The van der Waals surface area contributed by atoms with Crippen LogP contribution in [0.2, 0.25) is 0 Å². The van der Waals surface area contributed by atoms with Crippen molar-refractivity contribution in [2.75, 3.05) is 6.61 Å². The van der Waals surface area contributed by atoms with Gasteiger partial charge in [-0.15, -0.1) is 0 Å². The molecule has 3 nitrogen and oxygen atoms in total. The molecule has 120 valence electrons. The summed E-state index contributed by atoms with van der Waals surface area (Å²) in [6, 6.07) is 0. The highest BCUT2D eigenvalue weighted by Gasteiger charge is 2.43. The molecule has 3 heteroatoms. The molecule has 0 aromatic heterocycles. The predicted octanol–water partition coefficient (Wildman–Crippen LogP) is 4.38. The number of carbonyl (C=O) groups excluding carboxylic acids is 1. The molecule has 20 heavy (non-hydrogen) atoms. The number of hydrogen-bond acceptors (Lipinski definition) is 3. The number of rotatable bonds is 7. The van der Waals surface area contributed by atoms with Crippen LogP contribution < -0.4 is 0 Å². The van der Waals surface area contributed by atoms with Crippen molar-refractivity contribution in [2.24, 2.45) is 5.41 Å². The Kier molecular flexibility index (Phi) is 6.02. The standard InChI is InChI=1S/C17H34O3/c1-11-19-17(9,10)13(18)15(5,6)12-16(7,8)20-14(2,3)4/h11-12H2,1-10H3. The van der Waals surface area contributed by atoms with Crippen LogP contribution in [-0.4, -0.2) is 29.2 Å². The van der Waals surface area contributed by atoms with Crippen LogP contribution in [0.5, 0.6) is 0 Å². The Labute approximate surface area is 125 Å². The molecular formula is C17H34O3. The van der Waals surface area contributed by atoms with E-state index >= 15 is 0 Å². The van der Waals surface area contributed by atoms with Gasteiger partial charge in [-0.3, -0.25) is 4.79 Å². The Hall–Kier alpha value is -0.410. The second-order valence-electron chi connectivity index (χ2n) is 8.31. The van der Waals surface area contributed by atoms with E-state index in [9.17, 15) is 4.79 Å². The molecule has 0 bridgehead atoms. The molecule has 0 atom stereocenters. The van der Waals surface area contributed by atoms with Gasteiger partial charge in [0.1, 0.15) is 5.60 Å². The zero-order valence-corrected chi connectivity index (χ0v) is 15.1. The fourth-order valence-corrected chi connectivity index (χ4v) is 3.25. The first kappa shape index (κ1) is 19.6. The molecule has 0 radical (unpaired) electrons. The maximum Gasteiger partial charge on any atom is 0.169 e. The van der Waals surface area contributed by atoms with Gasteiger partial charge in [-0.25, -0.2) is 0 Å². The van der Waals surface area contributed by atoms with Crippen molar-refractivity contribution in [1.82, 2.24) is 0 Å². The van der Waals surface area contributed by atoms with Crippen molar-refractivity contribution in [3.63, 3.8) is 0 Å². The number of ether oxygens (including phenoxy) is 2. The van der Waals surface area contributed by atoms with Crippen molar-refractivity contribution >= 4 is 5.78 Å². The summed E-state index contributed by atoms with van der Waals surface area (Å²) in [5.74, 6) is 0.123. The SMILES string of the molecule is CCOC(C)(C)C(=O)C(C)(C)CC(C)(C)OC(C)(C)C. The van der Waals surface area contributed by atoms with Crippen LogP contribution >= 0.6 is 0 Å². The molecule has 0 fully saturated rings. The van der Waals surface area contributed by atoms with Gasteiger partial charge in [0.25, 0.3) is 0 Å². The van der Waals surface area contributed by atoms with Gasteiger partial charge >= 0.3 is 0 Å². The van der Waals surface area contributed by atoms with Crippen molar-refractivity contribution < 1.29 is 14.3 Å². The molecule has 0 aromatic rings. The van der Waals surface area contributed by atoms with Crippen LogP contribution in [0.1, 0.15) is 75.7 Å². The Bertz CT molecular complexity index is 333. The predicted molar refractivity (Wildman–Crippen MR) is 84.0 cm³/mol. The van der Waals surface area contributed by atoms with Gasteiger partial charge in [-0.05, 0) is 61.8 Å². The first-order valence-electron chi connectivity index (χ1n) is 7.52. The summed E-state index contributed by atoms with van der Waals surface area (Å²) in [6.07, 6.45) is 0.659. The number of Topliss-reactive ketones (excluding diaryl/α,β-unsaturated/α-hetero) is 1. The van der Waals surface area contributed by atoms with Crippen LogP contribution in [0.15, 0.2) is 0 Å². The van der Waals surface area contributed by atoms with E-state index in [4.69, 9.17) is 9.47 Å². The maximum atomic E-state index is 12.7. The average Bonchev–Trinajstić information content (AvgIpc) is 2.10. The molecular weight excluding hydrogens is 252 g/mol. The van der Waals surface area contributed by atoms with E-state index in [1.165, 1.54) is 0 Å². The summed E-state index contributed by atoms with van der Waals surface area (Å²) in [4.78, 5) is 12.7. The minimum atomic E-state index is -0.754. The van der Waals surface area contributed by atoms with Crippen LogP contribution in [-0.2, 0) is 14.3 Å². The Balaban J connectivity index is 5.02. The summed E-state index contributed by atoms with van der Waals surface area (Å²) < 4.78 is 11.7. The third kappa shape index (κ3) is 6.36. The van der Waals surface area contributed by atoms with Crippen molar-refractivity contribution in [2.45, 2.75) is 92.5 Å². The van der Waals surface area contributed by atoms with Crippen LogP contribution in [0, 0.1) is 5.41 Å². The number of hydrogen-bond donors (Lipinski definition) is 0. The van der Waals surface area contributed by atoms with Gasteiger partial charge in [-0.2, -0.15) is 0 Å². The van der Waals surface area contributed by atoms with Gasteiger partial charge in [0.05, 0.1) is 11.2 Å².